The zero-order chi connectivity index (χ0) is 10.1. The number of halogens is 1. The fraction of sp³-hybridized carbons (Fsp3) is 0. The van der Waals surface area contributed by atoms with Gasteiger partial charge in [0, 0.05) is 22.7 Å². The summed E-state index contributed by atoms with van der Waals surface area (Å²) in [4.78, 5) is 0. The molecule has 2 nitrogen and oxygen atoms in total. The van der Waals surface area contributed by atoms with Gasteiger partial charge in [0.2, 0.25) is 0 Å². The Bertz CT molecular complexity index is 467. The van der Waals surface area contributed by atoms with Gasteiger partial charge in [-0.1, -0.05) is 11.6 Å². The molecule has 1 heterocycles. The maximum Gasteiger partial charge on any atom is 0.125 e. The minimum atomic E-state index is 0.180. The molecule has 0 fully saturated rings. The molecular weight excluding hydrogens is 218 g/mol. The Labute approximate surface area is 90.6 Å². The van der Waals surface area contributed by atoms with Crippen molar-refractivity contribution in [3.05, 3.63) is 34.0 Å². The third-order valence-electron chi connectivity index (χ3n) is 1.90. The third kappa shape index (κ3) is 1.69. The predicted molar refractivity (Wildman–Crippen MR) is 60.8 cm³/mol. The van der Waals surface area contributed by atoms with Crippen molar-refractivity contribution in [2.24, 2.45) is 0 Å². The molecule has 2 rings (SSSR count). The molecule has 72 valence electrons. The molecule has 2 aromatic rings. The minimum absolute atomic E-state index is 0.180. The lowest BCUT2D eigenvalue weighted by atomic mass is 10.1. The second-order valence-corrected chi connectivity index (χ2v) is 4.46. The van der Waals surface area contributed by atoms with Crippen molar-refractivity contribution in [1.82, 2.24) is 0 Å². The number of nitrogens with two attached hydrogens (primary N) is 1. The Kier molecular flexibility index (Phi) is 2.35. The summed E-state index contributed by atoms with van der Waals surface area (Å²) in [5.41, 5.74) is 7.74. The van der Waals surface area contributed by atoms with E-state index in [2.05, 4.69) is 0 Å². The van der Waals surface area contributed by atoms with Crippen LogP contribution in [0.5, 0.6) is 5.75 Å². The van der Waals surface area contributed by atoms with Crippen LogP contribution < -0.4 is 5.73 Å². The molecule has 0 saturated carbocycles. The van der Waals surface area contributed by atoms with Gasteiger partial charge < -0.3 is 10.8 Å². The van der Waals surface area contributed by atoms with E-state index >= 15 is 0 Å². The summed E-state index contributed by atoms with van der Waals surface area (Å²) in [6.07, 6.45) is 0. The van der Waals surface area contributed by atoms with E-state index in [1.54, 1.807) is 12.1 Å². The summed E-state index contributed by atoms with van der Waals surface area (Å²) in [6.45, 7) is 0. The first-order valence-electron chi connectivity index (χ1n) is 4.00. The zero-order valence-corrected chi connectivity index (χ0v) is 8.77. The SMILES string of the molecule is Nc1ccc(-c2csc(Cl)c2)c(O)c1. The lowest BCUT2D eigenvalue weighted by molar-refractivity contribution is 0.477. The Morgan fingerprint density at radius 3 is 2.64 bits per heavy atom. The van der Waals surface area contributed by atoms with Gasteiger partial charge in [-0.05, 0) is 23.8 Å². The number of nitrogen functional groups attached to an aromatic ring is 1. The van der Waals surface area contributed by atoms with Crippen molar-refractivity contribution in [1.29, 1.82) is 0 Å². The average Bonchev–Trinajstić information content (AvgIpc) is 2.51. The first kappa shape index (κ1) is 9.37. The smallest absolute Gasteiger partial charge is 0.125 e. The highest BCUT2D eigenvalue weighted by Gasteiger charge is 2.06. The van der Waals surface area contributed by atoms with Gasteiger partial charge in [0.05, 0.1) is 4.34 Å². The number of phenols is 1. The van der Waals surface area contributed by atoms with E-state index in [4.69, 9.17) is 17.3 Å². The number of thiophene rings is 1. The Morgan fingerprint density at radius 1 is 1.29 bits per heavy atom. The zero-order valence-electron chi connectivity index (χ0n) is 7.20. The highest BCUT2D eigenvalue weighted by atomic mass is 35.5. The second kappa shape index (κ2) is 3.52. The van der Waals surface area contributed by atoms with E-state index in [-0.39, 0.29) is 5.75 Å². The fourth-order valence-corrected chi connectivity index (χ4v) is 2.12. The second-order valence-electron chi connectivity index (χ2n) is 2.92. The standard InChI is InChI=1S/C10H8ClNOS/c11-10-3-6(5-14-10)8-2-1-7(12)4-9(8)13/h1-5,13H,12H2. The summed E-state index contributed by atoms with van der Waals surface area (Å²) in [5, 5.41) is 11.5. The fourth-order valence-electron chi connectivity index (χ4n) is 1.24. The topological polar surface area (TPSA) is 46.2 Å². The molecule has 0 aliphatic heterocycles. The molecule has 0 spiro atoms. The molecule has 0 bridgehead atoms. The number of hydrogen-bond donors (Lipinski definition) is 2. The minimum Gasteiger partial charge on any atom is -0.507 e. The monoisotopic (exact) mass is 225 g/mol. The van der Waals surface area contributed by atoms with Crippen molar-refractivity contribution < 1.29 is 5.11 Å². The van der Waals surface area contributed by atoms with E-state index < -0.39 is 0 Å². The van der Waals surface area contributed by atoms with Crippen LogP contribution in [0.3, 0.4) is 0 Å². The van der Waals surface area contributed by atoms with Gasteiger partial charge in [0.25, 0.3) is 0 Å². The highest BCUT2D eigenvalue weighted by Crippen LogP contribution is 2.34. The maximum absolute atomic E-state index is 9.64. The van der Waals surface area contributed by atoms with Crippen LogP contribution in [0.4, 0.5) is 5.69 Å². The Morgan fingerprint density at radius 2 is 2.07 bits per heavy atom. The van der Waals surface area contributed by atoms with Crippen molar-refractivity contribution >= 4 is 28.6 Å². The van der Waals surface area contributed by atoms with Crippen molar-refractivity contribution in [3.63, 3.8) is 0 Å². The molecule has 0 aliphatic carbocycles. The van der Waals surface area contributed by atoms with Crippen LogP contribution in [-0.2, 0) is 0 Å². The van der Waals surface area contributed by atoms with Crippen LogP contribution in [0, 0.1) is 0 Å². The van der Waals surface area contributed by atoms with Gasteiger partial charge in [-0.25, -0.2) is 0 Å². The first-order chi connectivity index (χ1) is 6.66. The molecule has 0 amide bonds. The van der Waals surface area contributed by atoms with Crippen molar-refractivity contribution in [2.75, 3.05) is 5.73 Å². The van der Waals surface area contributed by atoms with Gasteiger partial charge >= 0.3 is 0 Å². The average molecular weight is 226 g/mol. The normalized spacial score (nSPS) is 10.4. The molecule has 0 radical (unpaired) electrons. The number of benzene rings is 1. The van der Waals surface area contributed by atoms with Crippen LogP contribution in [0.2, 0.25) is 4.34 Å². The first-order valence-corrected chi connectivity index (χ1v) is 5.25. The van der Waals surface area contributed by atoms with Gasteiger partial charge in [-0.15, -0.1) is 11.3 Å². The number of rotatable bonds is 1. The lowest BCUT2D eigenvalue weighted by Crippen LogP contribution is -1.84. The van der Waals surface area contributed by atoms with Gasteiger partial charge in [-0.3, -0.25) is 0 Å². The molecule has 0 atom stereocenters. The Hall–Kier alpha value is -1.19. The predicted octanol–water partition coefficient (Wildman–Crippen LogP) is 3.36. The van der Waals surface area contributed by atoms with Gasteiger partial charge in [0.15, 0.2) is 0 Å². The summed E-state index contributed by atoms with van der Waals surface area (Å²) in [7, 11) is 0. The van der Waals surface area contributed by atoms with E-state index in [0.29, 0.717) is 10.0 Å². The van der Waals surface area contributed by atoms with Crippen LogP contribution in [0.15, 0.2) is 29.6 Å². The third-order valence-corrected chi connectivity index (χ3v) is 2.99. The molecular formula is C10H8ClNOS. The van der Waals surface area contributed by atoms with Crippen molar-refractivity contribution in [2.45, 2.75) is 0 Å². The molecule has 1 aromatic carbocycles. The van der Waals surface area contributed by atoms with E-state index in [9.17, 15) is 5.11 Å². The van der Waals surface area contributed by atoms with Crippen LogP contribution >= 0.6 is 22.9 Å². The van der Waals surface area contributed by atoms with Gasteiger partial charge in [0.1, 0.15) is 5.75 Å². The highest BCUT2D eigenvalue weighted by molar-refractivity contribution is 7.14. The van der Waals surface area contributed by atoms with Crippen molar-refractivity contribution in [3.8, 4) is 16.9 Å². The summed E-state index contributed by atoms with van der Waals surface area (Å²) in [6, 6.07) is 6.88. The van der Waals surface area contributed by atoms with E-state index in [1.807, 2.05) is 11.4 Å². The molecule has 4 heteroatoms. The van der Waals surface area contributed by atoms with Gasteiger partial charge in [-0.2, -0.15) is 0 Å². The van der Waals surface area contributed by atoms with E-state index in [1.165, 1.54) is 17.4 Å². The summed E-state index contributed by atoms with van der Waals surface area (Å²) in [5.74, 6) is 0.180. The van der Waals surface area contributed by atoms with Crippen LogP contribution in [0.25, 0.3) is 11.1 Å². The summed E-state index contributed by atoms with van der Waals surface area (Å²) >= 11 is 7.24. The van der Waals surface area contributed by atoms with Crippen LogP contribution in [0.1, 0.15) is 0 Å². The number of aromatic hydroxyl groups is 1. The largest absolute Gasteiger partial charge is 0.507 e. The molecule has 3 N–H and O–H groups in total. The quantitative estimate of drug-likeness (QED) is 0.731. The number of hydrogen-bond acceptors (Lipinski definition) is 3. The Balaban J connectivity index is 2.52. The number of phenolic OH excluding ortho intramolecular Hbond substituents is 1. The number of anilines is 1. The molecule has 14 heavy (non-hydrogen) atoms. The van der Waals surface area contributed by atoms with Crippen LogP contribution in [-0.4, -0.2) is 5.11 Å². The molecule has 0 unspecified atom stereocenters. The molecule has 1 aromatic heterocycles. The maximum atomic E-state index is 9.64. The van der Waals surface area contributed by atoms with E-state index in [0.717, 1.165) is 11.1 Å². The lowest BCUT2D eigenvalue weighted by Gasteiger charge is -2.02. The molecule has 0 aliphatic rings. The molecule has 0 saturated heterocycles. The summed E-state index contributed by atoms with van der Waals surface area (Å²) < 4.78 is 0.705.